The smallest absolute Gasteiger partial charge is 0.111 e. The van der Waals surface area contributed by atoms with Gasteiger partial charge in [-0.3, -0.25) is 0 Å². The third kappa shape index (κ3) is 2.52. The standard InChI is InChI=1S/C9H17N3O2/c1-7(6-14-3)4-12-8(2)9(5-13)10-11-12/h7,13H,4-6H2,1-3H3. The molecule has 0 saturated heterocycles. The van der Waals surface area contributed by atoms with Gasteiger partial charge in [0.2, 0.25) is 0 Å². The molecule has 0 aliphatic heterocycles. The Bertz CT molecular complexity index is 286. The van der Waals surface area contributed by atoms with Crippen LogP contribution in [-0.2, 0) is 17.9 Å². The molecule has 0 bridgehead atoms. The van der Waals surface area contributed by atoms with Gasteiger partial charge in [0.15, 0.2) is 0 Å². The molecule has 1 aromatic heterocycles. The van der Waals surface area contributed by atoms with Crippen molar-refractivity contribution in [3.05, 3.63) is 11.4 Å². The summed E-state index contributed by atoms with van der Waals surface area (Å²) < 4.78 is 6.84. The highest BCUT2D eigenvalue weighted by Gasteiger charge is 2.10. The predicted molar refractivity (Wildman–Crippen MR) is 51.7 cm³/mol. The van der Waals surface area contributed by atoms with Crippen molar-refractivity contribution in [1.82, 2.24) is 15.0 Å². The molecule has 1 atom stereocenters. The third-order valence-corrected chi connectivity index (χ3v) is 2.16. The van der Waals surface area contributed by atoms with Gasteiger partial charge in [-0.15, -0.1) is 5.10 Å². The number of aliphatic hydroxyl groups excluding tert-OH is 1. The first-order chi connectivity index (χ1) is 6.69. The number of hydrogen-bond acceptors (Lipinski definition) is 4. The first kappa shape index (κ1) is 11.1. The number of hydrogen-bond donors (Lipinski definition) is 1. The molecule has 0 spiro atoms. The van der Waals surface area contributed by atoms with Crippen molar-refractivity contribution in [1.29, 1.82) is 0 Å². The van der Waals surface area contributed by atoms with Crippen LogP contribution >= 0.6 is 0 Å². The van der Waals surface area contributed by atoms with E-state index in [-0.39, 0.29) is 6.61 Å². The van der Waals surface area contributed by atoms with E-state index in [1.807, 2.05) is 6.92 Å². The van der Waals surface area contributed by atoms with Crippen LogP contribution in [-0.4, -0.2) is 33.8 Å². The van der Waals surface area contributed by atoms with Gasteiger partial charge in [-0.05, 0) is 12.8 Å². The van der Waals surface area contributed by atoms with Gasteiger partial charge < -0.3 is 9.84 Å². The zero-order valence-electron chi connectivity index (χ0n) is 8.90. The van der Waals surface area contributed by atoms with E-state index in [2.05, 4.69) is 17.2 Å². The second kappa shape index (κ2) is 5.07. The quantitative estimate of drug-likeness (QED) is 0.744. The molecule has 0 fully saturated rings. The molecular formula is C9H17N3O2. The summed E-state index contributed by atoms with van der Waals surface area (Å²) in [6.07, 6.45) is 0. The molecule has 0 amide bonds. The maximum atomic E-state index is 8.93. The number of methoxy groups -OCH3 is 1. The molecule has 0 radical (unpaired) electrons. The van der Waals surface area contributed by atoms with Crippen molar-refractivity contribution in [2.45, 2.75) is 27.0 Å². The lowest BCUT2D eigenvalue weighted by Gasteiger charge is -2.10. The Morgan fingerprint density at radius 3 is 2.79 bits per heavy atom. The maximum absolute atomic E-state index is 8.93. The summed E-state index contributed by atoms with van der Waals surface area (Å²) in [4.78, 5) is 0. The third-order valence-electron chi connectivity index (χ3n) is 2.16. The number of rotatable bonds is 5. The van der Waals surface area contributed by atoms with Crippen molar-refractivity contribution >= 4 is 0 Å². The predicted octanol–water partition coefficient (Wildman–Crippen LogP) is 0.361. The van der Waals surface area contributed by atoms with E-state index in [4.69, 9.17) is 9.84 Å². The minimum absolute atomic E-state index is 0.0511. The average molecular weight is 199 g/mol. The van der Waals surface area contributed by atoms with Gasteiger partial charge in [-0.2, -0.15) is 0 Å². The van der Waals surface area contributed by atoms with Gasteiger partial charge in [0.1, 0.15) is 5.69 Å². The van der Waals surface area contributed by atoms with Gasteiger partial charge in [0.05, 0.1) is 18.9 Å². The van der Waals surface area contributed by atoms with Crippen LogP contribution in [0.3, 0.4) is 0 Å². The van der Waals surface area contributed by atoms with Crippen LogP contribution in [0.5, 0.6) is 0 Å². The molecule has 0 saturated carbocycles. The second-order valence-electron chi connectivity index (χ2n) is 3.52. The van der Waals surface area contributed by atoms with Crippen LogP contribution in [0, 0.1) is 12.8 Å². The highest BCUT2D eigenvalue weighted by molar-refractivity contribution is 5.05. The maximum Gasteiger partial charge on any atom is 0.111 e. The van der Waals surface area contributed by atoms with E-state index in [0.717, 1.165) is 12.2 Å². The lowest BCUT2D eigenvalue weighted by molar-refractivity contribution is 0.148. The molecule has 14 heavy (non-hydrogen) atoms. The summed E-state index contributed by atoms with van der Waals surface area (Å²) in [6.45, 7) is 5.42. The average Bonchev–Trinajstić information content (AvgIpc) is 2.48. The Balaban J connectivity index is 2.62. The van der Waals surface area contributed by atoms with Crippen molar-refractivity contribution in [3.63, 3.8) is 0 Å². The van der Waals surface area contributed by atoms with E-state index in [1.54, 1.807) is 11.8 Å². The van der Waals surface area contributed by atoms with E-state index < -0.39 is 0 Å². The van der Waals surface area contributed by atoms with Crippen molar-refractivity contribution in [2.24, 2.45) is 5.92 Å². The highest BCUT2D eigenvalue weighted by atomic mass is 16.5. The van der Waals surface area contributed by atoms with E-state index in [1.165, 1.54) is 0 Å². The van der Waals surface area contributed by atoms with Gasteiger partial charge in [-0.1, -0.05) is 12.1 Å². The molecule has 1 rings (SSSR count). The normalized spacial score (nSPS) is 13.1. The van der Waals surface area contributed by atoms with Crippen LogP contribution in [0.2, 0.25) is 0 Å². The summed E-state index contributed by atoms with van der Waals surface area (Å²) in [5.41, 5.74) is 1.57. The monoisotopic (exact) mass is 199 g/mol. The second-order valence-corrected chi connectivity index (χ2v) is 3.52. The van der Waals surface area contributed by atoms with Crippen LogP contribution in [0.15, 0.2) is 0 Å². The molecule has 0 aromatic carbocycles. The number of ether oxygens (including phenoxy) is 1. The number of nitrogens with zero attached hydrogens (tertiary/aromatic N) is 3. The number of aromatic nitrogens is 3. The highest BCUT2D eigenvalue weighted by Crippen LogP contribution is 2.07. The Hall–Kier alpha value is -0.940. The van der Waals surface area contributed by atoms with Crippen LogP contribution in [0.25, 0.3) is 0 Å². The first-order valence-corrected chi connectivity index (χ1v) is 4.67. The summed E-state index contributed by atoms with van der Waals surface area (Å²) in [5.74, 6) is 0.395. The molecule has 5 nitrogen and oxygen atoms in total. The van der Waals surface area contributed by atoms with Crippen molar-refractivity contribution in [2.75, 3.05) is 13.7 Å². The SMILES string of the molecule is COCC(C)Cn1nnc(CO)c1C. The minimum atomic E-state index is -0.0511. The lowest BCUT2D eigenvalue weighted by atomic mass is 10.2. The Kier molecular flexibility index (Phi) is 4.03. The van der Waals surface area contributed by atoms with Crippen molar-refractivity contribution in [3.8, 4) is 0 Å². The fourth-order valence-corrected chi connectivity index (χ4v) is 1.35. The first-order valence-electron chi connectivity index (χ1n) is 4.67. The zero-order chi connectivity index (χ0) is 10.6. The zero-order valence-corrected chi connectivity index (χ0v) is 8.90. The van der Waals surface area contributed by atoms with E-state index in [9.17, 15) is 0 Å². The van der Waals surface area contributed by atoms with E-state index in [0.29, 0.717) is 18.2 Å². The molecule has 5 heteroatoms. The topological polar surface area (TPSA) is 60.2 Å². The van der Waals surface area contributed by atoms with Gasteiger partial charge >= 0.3 is 0 Å². The molecule has 1 aromatic rings. The Labute approximate surface area is 83.7 Å². The molecule has 0 aliphatic rings. The molecular weight excluding hydrogens is 182 g/mol. The fraction of sp³-hybridized carbons (Fsp3) is 0.778. The summed E-state index contributed by atoms with van der Waals surface area (Å²) in [6, 6.07) is 0. The summed E-state index contributed by atoms with van der Waals surface area (Å²) >= 11 is 0. The summed E-state index contributed by atoms with van der Waals surface area (Å²) in [5, 5.41) is 16.8. The largest absolute Gasteiger partial charge is 0.390 e. The van der Waals surface area contributed by atoms with Gasteiger partial charge in [0, 0.05) is 13.7 Å². The molecule has 0 aliphatic carbocycles. The number of aliphatic hydroxyl groups is 1. The Morgan fingerprint density at radius 1 is 1.57 bits per heavy atom. The molecule has 1 heterocycles. The van der Waals surface area contributed by atoms with Crippen LogP contribution < -0.4 is 0 Å². The van der Waals surface area contributed by atoms with Gasteiger partial charge in [0.25, 0.3) is 0 Å². The molecule has 1 N–H and O–H groups in total. The summed E-state index contributed by atoms with van der Waals surface area (Å²) in [7, 11) is 1.68. The lowest BCUT2D eigenvalue weighted by Crippen LogP contribution is -2.14. The van der Waals surface area contributed by atoms with Gasteiger partial charge in [-0.25, -0.2) is 4.68 Å². The van der Waals surface area contributed by atoms with Crippen LogP contribution in [0.4, 0.5) is 0 Å². The van der Waals surface area contributed by atoms with E-state index >= 15 is 0 Å². The van der Waals surface area contributed by atoms with Crippen LogP contribution in [0.1, 0.15) is 18.3 Å². The Morgan fingerprint density at radius 2 is 2.29 bits per heavy atom. The fourth-order valence-electron chi connectivity index (χ4n) is 1.35. The molecule has 1 unspecified atom stereocenters. The minimum Gasteiger partial charge on any atom is -0.390 e. The molecule has 80 valence electrons. The van der Waals surface area contributed by atoms with Crippen molar-refractivity contribution < 1.29 is 9.84 Å².